The average molecular weight is 628 g/mol. The van der Waals surface area contributed by atoms with Crippen LogP contribution in [0.1, 0.15) is 61.7 Å². The van der Waals surface area contributed by atoms with E-state index in [1.807, 2.05) is 41.0 Å². The zero-order valence-electron chi connectivity index (χ0n) is 26.5. The van der Waals surface area contributed by atoms with Gasteiger partial charge in [-0.15, -0.1) is 0 Å². The molecule has 8 nitrogen and oxygen atoms in total. The Morgan fingerprint density at radius 3 is 1.96 bits per heavy atom. The second kappa shape index (κ2) is 14.5. The van der Waals surface area contributed by atoms with E-state index >= 15 is 0 Å². The van der Waals surface area contributed by atoms with Gasteiger partial charge in [0.2, 0.25) is 0 Å². The van der Waals surface area contributed by atoms with Crippen molar-refractivity contribution in [1.29, 1.82) is 0 Å². The summed E-state index contributed by atoms with van der Waals surface area (Å²) in [5.74, 6) is 1.63. The van der Waals surface area contributed by atoms with Crippen LogP contribution in [0.25, 0.3) is 11.0 Å². The van der Waals surface area contributed by atoms with E-state index in [0.29, 0.717) is 0 Å². The standard InChI is InChI=1S/C36H45N5O3S/c1-43-30-15-11-27(12-16-30)34(28-13-17-31(44-2)18-14-28)37-35(45)39-25-19-29(20-26-39)41-33-10-5-4-9-32(33)40(36(41)42)24-8-23-38-21-6-3-7-22-38/h4-5,9-18,29,34H,3,6-8,19-26H2,1-2H3,(H,37,45). The molecule has 0 spiro atoms. The number of rotatable bonds is 10. The second-order valence-corrected chi connectivity index (χ2v) is 12.6. The summed E-state index contributed by atoms with van der Waals surface area (Å²) in [4.78, 5) is 18.7. The number of aryl methyl sites for hydroxylation is 1. The fourth-order valence-electron chi connectivity index (χ4n) is 6.93. The number of nitrogens with one attached hydrogen (secondary N) is 1. The minimum atomic E-state index is -0.127. The Kier molecular flexibility index (Phi) is 10.1. The van der Waals surface area contributed by atoms with Gasteiger partial charge in [-0.25, -0.2) is 4.79 Å². The molecule has 0 atom stereocenters. The maximum Gasteiger partial charge on any atom is 0.329 e. The molecule has 4 aromatic rings. The largest absolute Gasteiger partial charge is 0.497 e. The number of ether oxygens (including phenoxy) is 2. The van der Waals surface area contributed by atoms with E-state index in [-0.39, 0.29) is 17.8 Å². The van der Waals surface area contributed by atoms with Gasteiger partial charge in [0.25, 0.3) is 0 Å². The van der Waals surface area contributed by atoms with E-state index in [2.05, 4.69) is 56.1 Å². The Morgan fingerprint density at radius 2 is 1.38 bits per heavy atom. The normalized spacial score (nSPS) is 16.3. The van der Waals surface area contributed by atoms with Gasteiger partial charge in [-0.1, -0.05) is 42.8 Å². The Hall–Kier alpha value is -3.82. The van der Waals surface area contributed by atoms with Crippen molar-refractivity contribution >= 4 is 28.4 Å². The second-order valence-electron chi connectivity index (χ2n) is 12.2. The molecular weight excluding hydrogens is 582 g/mol. The van der Waals surface area contributed by atoms with Gasteiger partial charge in [-0.3, -0.25) is 9.13 Å². The number of hydrogen-bond donors (Lipinski definition) is 1. The van der Waals surface area contributed by atoms with E-state index in [0.717, 1.165) is 84.2 Å². The molecule has 45 heavy (non-hydrogen) atoms. The van der Waals surface area contributed by atoms with Crippen molar-refractivity contribution in [3.8, 4) is 11.5 Å². The van der Waals surface area contributed by atoms with Crippen LogP contribution in [0.15, 0.2) is 77.6 Å². The fraction of sp³-hybridized carbons (Fsp3) is 0.444. The minimum absolute atomic E-state index is 0.119. The molecule has 9 heteroatoms. The van der Waals surface area contributed by atoms with Crippen molar-refractivity contribution < 1.29 is 9.47 Å². The first-order valence-corrected chi connectivity index (χ1v) is 16.7. The Morgan fingerprint density at radius 1 is 0.800 bits per heavy atom. The van der Waals surface area contributed by atoms with Crippen molar-refractivity contribution in [2.75, 3.05) is 46.9 Å². The number of likely N-dealkylation sites (tertiary alicyclic amines) is 2. The number of para-hydroxylation sites is 2. The highest BCUT2D eigenvalue weighted by atomic mass is 32.1. The van der Waals surface area contributed by atoms with E-state index in [1.165, 1.54) is 32.4 Å². The van der Waals surface area contributed by atoms with Gasteiger partial charge in [0, 0.05) is 25.7 Å². The quantitative estimate of drug-likeness (QED) is 0.217. The van der Waals surface area contributed by atoms with Crippen LogP contribution < -0.4 is 20.5 Å². The molecule has 0 aliphatic carbocycles. The number of imidazole rings is 1. The first kappa shape index (κ1) is 31.2. The van der Waals surface area contributed by atoms with Crippen molar-refractivity contribution in [1.82, 2.24) is 24.3 Å². The van der Waals surface area contributed by atoms with Crippen molar-refractivity contribution in [2.24, 2.45) is 0 Å². The van der Waals surface area contributed by atoms with E-state index in [4.69, 9.17) is 21.7 Å². The molecule has 0 amide bonds. The van der Waals surface area contributed by atoms with Crippen molar-refractivity contribution in [3.63, 3.8) is 0 Å². The predicted molar refractivity (Wildman–Crippen MR) is 185 cm³/mol. The Bertz CT molecular complexity index is 1570. The van der Waals surface area contributed by atoms with Crippen LogP contribution in [0.2, 0.25) is 0 Å². The fourth-order valence-corrected chi connectivity index (χ4v) is 7.23. The molecule has 0 saturated carbocycles. The number of aromatic nitrogens is 2. The van der Waals surface area contributed by atoms with Crippen LogP contribution in [0.5, 0.6) is 11.5 Å². The highest BCUT2D eigenvalue weighted by Gasteiger charge is 2.27. The summed E-state index contributed by atoms with van der Waals surface area (Å²) in [5.41, 5.74) is 4.39. The smallest absolute Gasteiger partial charge is 0.329 e. The van der Waals surface area contributed by atoms with E-state index < -0.39 is 0 Å². The maximum absolute atomic E-state index is 13.9. The number of benzene rings is 3. The van der Waals surface area contributed by atoms with E-state index in [9.17, 15) is 4.79 Å². The summed E-state index contributed by atoms with van der Waals surface area (Å²) in [5, 5.41) is 4.36. The summed E-state index contributed by atoms with van der Waals surface area (Å²) < 4.78 is 14.8. The van der Waals surface area contributed by atoms with Gasteiger partial charge in [0.05, 0.1) is 31.3 Å². The summed E-state index contributed by atoms with van der Waals surface area (Å²) >= 11 is 6.00. The van der Waals surface area contributed by atoms with Crippen LogP contribution in [-0.2, 0) is 6.54 Å². The highest BCUT2D eigenvalue weighted by molar-refractivity contribution is 7.80. The molecule has 1 aromatic heterocycles. The van der Waals surface area contributed by atoms with Gasteiger partial charge in [0.1, 0.15) is 11.5 Å². The molecule has 1 N–H and O–H groups in total. The number of methoxy groups -OCH3 is 2. The Balaban J connectivity index is 1.14. The third-order valence-electron chi connectivity index (χ3n) is 9.46. The van der Waals surface area contributed by atoms with Gasteiger partial charge in [-0.05, 0) is 111 Å². The van der Waals surface area contributed by atoms with Gasteiger partial charge in [0.15, 0.2) is 5.11 Å². The lowest BCUT2D eigenvalue weighted by Gasteiger charge is -2.36. The SMILES string of the molecule is COc1ccc(C(NC(=S)N2CCC(n3c(=O)n(CCCN4CCCCC4)c4ccccc43)CC2)c2ccc(OC)cc2)cc1. The van der Waals surface area contributed by atoms with Crippen LogP contribution >= 0.6 is 12.2 Å². The number of fused-ring (bicyclic) bond motifs is 1. The van der Waals surface area contributed by atoms with Crippen LogP contribution in [0, 0.1) is 0 Å². The Labute approximate surface area is 271 Å². The molecular formula is C36H45N5O3S. The summed E-state index contributed by atoms with van der Waals surface area (Å²) in [6.07, 6.45) is 6.64. The topological polar surface area (TPSA) is 63.9 Å². The molecule has 2 saturated heterocycles. The lowest BCUT2D eigenvalue weighted by atomic mass is 9.98. The van der Waals surface area contributed by atoms with Gasteiger partial charge >= 0.3 is 5.69 Å². The number of hydrogen-bond acceptors (Lipinski definition) is 5. The van der Waals surface area contributed by atoms with Crippen LogP contribution in [-0.4, -0.2) is 71.0 Å². The monoisotopic (exact) mass is 627 g/mol. The number of thiocarbonyl (C=S) groups is 1. The first-order chi connectivity index (χ1) is 22.1. The molecule has 0 radical (unpaired) electrons. The minimum Gasteiger partial charge on any atom is -0.497 e. The average Bonchev–Trinajstić information content (AvgIpc) is 3.38. The molecule has 0 unspecified atom stereocenters. The molecule has 3 aromatic carbocycles. The first-order valence-electron chi connectivity index (χ1n) is 16.3. The molecule has 2 fully saturated rings. The van der Waals surface area contributed by atoms with E-state index in [1.54, 1.807) is 14.2 Å². The third kappa shape index (κ3) is 7.05. The summed E-state index contributed by atoms with van der Waals surface area (Å²) in [7, 11) is 3.35. The lowest BCUT2D eigenvalue weighted by molar-refractivity contribution is 0.222. The zero-order valence-corrected chi connectivity index (χ0v) is 27.3. The third-order valence-corrected chi connectivity index (χ3v) is 9.83. The van der Waals surface area contributed by atoms with Crippen LogP contribution in [0.4, 0.5) is 0 Å². The molecule has 3 heterocycles. The van der Waals surface area contributed by atoms with Crippen molar-refractivity contribution in [3.05, 3.63) is 94.4 Å². The van der Waals surface area contributed by atoms with Gasteiger partial charge < -0.3 is 24.6 Å². The molecule has 6 rings (SSSR count). The summed E-state index contributed by atoms with van der Waals surface area (Å²) in [6.45, 7) is 5.77. The van der Waals surface area contributed by atoms with Gasteiger partial charge in [-0.2, -0.15) is 0 Å². The predicted octanol–water partition coefficient (Wildman–Crippen LogP) is 6.00. The zero-order chi connectivity index (χ0) is 31.2. The number of piperidine rings is 2. The lowest BCUT2D eigenvalue weighted by Crippen LogP contribution is -2.46. The van der Waals surface area contributed by atoms with Crippen molar-refractivity contribution in [2.45, 2.75) is 57.2 Å². The molecule has 2 aliphatic heterocycles. The highest BCUT2D eigenvalue weighted by Crippen LogP contribution is 2.29. The molecule has 238 valence electrons. The maximum atomic E-state index is 13.9. The molecule has 2 aliphatic rings. The molecule has 0 bridgehead atoms. The summed E-state index contributed by atoms with van der Waals surface area (Å²) in [6, 6.07) is 24.5. The van der Waals surface area contributed by atoms with Crippen LogP contribution in [0.3, 0.4) is 0 Å². The number of nitrogens with zero attached hydrogens (tertiary/aromatic N) is 4.